The summed E-state index contributed by atoms with van der Waals surface area (Å²) in [7, 11) is 1.76. The fourth-order valence-electron chi connectivity index (χ4n) is 2.57. The molecule has 3 rings (SSSR count). The largest absolute Gasteiger partial charge is 0.459 e. The Morgan fingerprint density at radius 3 is 2.67 bits per heavy atom. The second kappa shape index (κ2) is 8.71. The Labute approximate surface area is 157 Å². The highest BCUT2D eigenvalue weighted by Crippen LogP contribution is 2.09. The number of carbonyl (C=O) groups is 1. The van der Waals surface area contributed by atoms with E-state index in [4.69, 9.17) is 4.42 Å². The molecule has 1 fully saturated rings. The summed E-state index contributed by atoms with van der Waals surface area (Å²) in [5.41, 5.74) is 0.998. The second-order valence-electron chi connectivity index (χ2n) is 5.24. The average molecular weight is 444 g/mol. The van der Waals surface area contributed by atoms with E-state index < -0.39 is 0 Å². The number of aliphatic imine (C=N–C) groups is 1. The van der Waals surface area contributed by atoms with Crippen molar-refractivity contribution in [3.63, 3.8) is 0 Å². The molecule has 0 saturated carbocycles. The fraction of sp³-hybridized carbons (Fsp3) is 0.400. The van der Waals surface area contributed by atoms with Crippen LogP contribution in [0.4, 0.5) is 0 Å². The summed E-state index contributed by atoms with van der Waals surface area (Å²) < 4.78 is 5.17. The molecule has 0 aliphatic carbocycles. The van der Waals surface area contributed by atoms with Crippen LogP contribution in [-0.2, 0) is 6.54 Å². The molecular formula is C15H21IN6O2. The van der Waals surface area contributed by atoms with Crippen LogP contribution in [0, 0.1) is 0 Å². The Hall–Kier alpha value is -2.04. The number of hydrogen-bond acceptors (Lipinski definition) is 4. The first-order valence-corrected chi connectivity index (χ1v) is 7.54. The molecule has 1 aliphatic heterocycles. The lowest BCUT2D eigenvalue weighted by atomic mass is 10.3. The summed E-state index contributed by atoms with van der Waals surface area (Å²) in [5, 5.41) is 10.1. The van der Waals surface area contributed by atoms with Crippen LogP contribution in [0.5, 0.6) is 0 Å². The van der Waals surface area contributed by atoms with Crippen LogP contribution in [0.1, 0.15) is 16.2 Å². The minimum absolute atomic E-state index is 0. The molecule has 0 atom stereocenters. The maximum absolute atomic E-state index is 12.2. The molecule has 1 aliphatic rings. The molecule has 2 N–H and O–H groups in total. The number of carbonyl (C=O) groups excluding carboxylic acids is 1. The monoisotopic (exact) mass is 444 g/mol. The third-order valence-corrected chi connectivity index (χ3v) is 3.81. The van der Waals surface area contributed by atoms with Gasteiger partial charge in [-0.25, -0.2) is 0 Å². The number of nitrogens with one attached hydrogen (secondary N) is 2. The SMILES string of the molecule is CN=C(NCc1ccn[nH]1)N1CCN(C(=O)c2ccco2)CC1.I. The zero-order valence-corrected chi connectivity index (χ0v) is 15.8. The van der Waals surface area contributed by atoms with Gasteiger partial charge in [0.15, 0.2) is 11.7 Å². The highest BCUT2D eigenvalue weighted by atomic mass is 127. The molecule has 9 heteroatoms. The molecule has 24 heavy (non-hydrogen) atoms. The lowest BCUT2D eigenvalue weighted by Crippen LogP contribution is -2.53. The highest BCUT2D eigenvalue weighted by molar-refractivity contribution is 14.0. The highest BCUT2D eigenvalue weighted by Gasteiger charge is 2.25. The zero-order valence-electron chi connectivity index (χ0n) is 13.4. The lowest BCUT2D eigenvalue weighted by molar-refractivity contribution is 0.0657. The van der Waals surface area contributed by atoms with Gasteiger partial charge in [0.1, 0.15) is 0 Å². The summed E-state index contributed by atoms with van der Waals surface area (Å²) in [5.74, 6) is 1.15. The van der Waals surface area contributed by atoms with Gasteiger partial charge in [-0.15, -0.1) is 24.0 Å². The molecule has 0 radical (unpaired) electrons. The summed E-state index contributed by atoms with van der Waals surface area (Å²) in [6.07, 6.45) is 3.24. The van der Waals surface area contributed by atoms with E-state index in [9.17, 15) is 4.79 Å². The standard InChI is InChI=1S/C15H20N6O2.HI/c1-16-15(17-11-12-4-5-18-19-12)21-8-6-20(7-9-21)14(22)13-3-2-10-23-13;/h2-5,10H,6-9,11H2,1H3,(H,16,17)(H,18,19);1H. The van der Waals surface area contributed by atoms with E-state index in [1.54, 1.807) is 30.3 Å². The van der Waals surface area contributed by atoms with Crippen LogP contribution in [0.2, 0.25) is 0 Å². The van der Waals surface area contributed by atoms with E-state index in [0.717, 1.165) is 24.7 Å². The molecule has 0 aromatic carbocycles. The minimum Gasteiger partial charge on any atom is -0.459 e. The molecule has 1 amide bonds. The molecule has 8 nitrogen and oxygen atoms in total. The topological polar surface area (TPSA) is 89.8 Å². The van der Waals surface area contributed by atoms with Crippen molar-refractivity contribution in [1.82, 2.24) is 25.3 Å². The van der Waals surface area contributed by atoms with Gasteiger partial charge in [0, 0.05) is 39.4 Å². The van der Waals surface area contributed by atoms with Crippen LogP contribution < -0.4 is 5.32 Å². The molecule has 1 saturated heterocycles. The van der Waals surface area contributed by atoms with Gasteiger partial charge in [-0.3, -0.25) is 14.9 Å². The quantitative estimate of drug-likeness (QED) is 0.422. The van der Waals surface area contributed by atoms with Gasteiger partial charge in [-0.1, -0.05) is 0 Å². The van der Waals surface area contributed by atoms with Crippen LogP contribution >= 0.6 is 24.0 Å². The van der Waals surface area contributed by atoms with Gasteiger partial charge < -0.3 is 19.5 Å². The Balaban J connectivity index is 0.00000208. The second-order valence-corrected chi connectivity index (χ2v) is 5.24. The van der Waals surface area contributed by atoms with Crippen molar-refractivity contribution in [2.45, 2.75) is 6.54 Å². The number of guanidine groups is 1. The Bertz CT molecular complexity index is 648. The van der Waals surface area contributed by atoms with Crippen LogP contribution in [0.25, 0.3) is 0 Å². The van der Waals surface area contributed by atoms with E-state index in [-0.39, 0.29) is 29.9 Å². The van der Waals surface area contributed by atoms with E-state index in [1.807, 2.05) is 6.07 Å². The van der Waals surface area contributed by atoms with Crippen LogP contribution in [0.15, 0.2) is 40.1 Å². The van der Waals surface area contributed by atoms with Gasteiger partial charge in [0.25, 0.3) is 5.91 Å². The molecule has 0 spiro atoms. The zero-order chi connectivity index (χ0) is 16.1. The molecule has 2 aromatic heterocycles. The van der Waals surface area contributed by atoms with Crippen molar-refractivity contribution in [2.75, 3.05) is 33.2 Å². The molecular weight excluding hydrogens is 423 g/mol. The predicted molar refractivity (Wildman–Crippen MR) is 100 cm³/mol. The van der Waals surface area contributed by atoms with E-state index in [1.165, 1.54) is 6.26 Å². The fourth-order valence-corrected chi connectivity index (χ4v) is 2.57. The number of rotatable bonds is 3. The van der Waals surface area contributed by atoms with E-state index >= 15 is 0 Å². The smallest absolute Gasteiger partial charge is 0.289 e. The van der Waals surface area contributed by atoms with Crippen molar-refractivity contribution in [1.29, 1.82) is 0 Å². The number of furan rings is 1. The number of amides is 1. The molecule has 3 heterocycles. The lowest BCUT2D eigenvalue weighted by Gasteiger charge is -2.36. The Morgan fingerprint density at radius 1 is 1.33 bits per heavy atom. The van der Waals surface area contributed by atoms with E-state index in [0.29, 0.717) is 25.4 Å². The van der Waals surface area contributed by atoms with Gasteiger partial charge in [0.05, 0.1) is 18.5 Å². The summed E-state index contributed by atoms with van der Waals surface area (Å²) in [4.78, 5) is 20.5. The number of H-pyrrole nitrogens is 1. The van der Waals surface area contributed by atoms with Crippen molar-refractivity contribution >= 4 is 35.8 Å². The Kier molecular flexibility index (Phi) is 6.64. The maximum atomic E-state index is 12.2. The number of nitrogens with zero attached hydrogens (tertiary/aromatic N) is 4. The number of aromatic amines is 1. The van der Waals surface area contributed by atoms with Crippen LogP contribution in [-0.4, -0.2) is 65.1 Å². The maximum Gasteiger partial charge on any atom is 0.289 e. The van der Waals surface area contributed by atoms with Gasteiger partial charge in [0.2, 0.25) is 0 Å². The molecule has 0 bridgehead atoms. The summed E-state index contributed by atoms with van der Waals surface area (Å²) in [6, 6.07) is 5.34. The minimum atomic E-state index is -0.0601. The van der Waals surface area contributed by atoms with Gasteiger partial charge in [-0.05, 0) is 18.2 Å². The Morgan fingerprint density at radius 2 is 2.08 bits per heavy atom. The average Bonchev–Trinajstić information content (AvgIpc) is 3.29. The molecule has 0 unspecified atom stereocenters. The predicted octanol–water partition coefficient (Wildman–Crippen LogP) is 1.15. The van der Waals surface area contributed by atoms with Crippen molar-refractivity contribution < 1.29 is 9.21 Å². The number of hydrogen-bond donors (Lipinski definition) is 2. The van der Waals surface area contributed by atoms with Crippen molar-refractivity contribution in [3.05, 3.63) is 42.1 Å². The summed E-state index contributed by atoms with van der Waals surface area (Å²) >= 11 is 0. The molecule has 130 valence electrons. The van der Waals surface area contributed by atoms with Gasteiger partial charge >= 0.3 is 0 Å². The first-order valence-electron chi connectivity index (χ1n) is 7.54. The van der Waals surface area contributed by atoms with Crippen molar-refractivity contribution in [3.8, 4) is 0 Å². The van der Waals surface area contributed by atoms with Gasteiger partial charge in [-0.2, -0.15) is 5.10 Å². The number of aromatic nitrogens is 2. The van der Waals surface area contributed by atoms with Crippen LogP contribution in [0.3, 0.4) is 0 Å². The number of piperazine rings is 1. The summed E-state index contributed by atoms with van der Waals surface area (Å²) in [6.45, 7) is 3.39. The first kappa shape index (κ1) is 18.3. The number of halogens is 1. The first-order chi connectivity index (χ1) is 11.3. The third kappa shape index (κ3) is 4.28. The normalized spacial score (nSPS) is 15.1. The van der Waals surface area contributed by atoms with E-state index in [2.05, 4.69) is 25.4 Å². The molecule has 2 aromatic rings. The van der Waals surface area contributed by atoms with Crippen molar-refractivity contribution in [2.24, 2.45) is 4.99 Å². The third-order valence-electron chi connectivity index (χ3n) is 3.81.